The SMILES string of the molecule is CCc1c(C)nc2n(c1=O)CN(Cc1cccnc1)CN2c1ccccc1. The first kappa shape index (κ1) is 17.4. The van der Waals surface area contributed by atoms with Gasteiger partial charge >= 0.3 is 0 Å². The summed E-state index contributed by atoms with van der Waals surface area (Å²) in [6.07, 6.45) is 4.33. The van der Waals surface area contributed by atoms with Crippen molar-refractivity contribution in [2.24, 2.45) is 0 Å². The second kappa shape index (κ2) is 7.32. The smallest absolute Gasteiger partial charge is 0.259 e. The van der Waals surface area contributed by atoms with E-state index >= 15 is 0 Å². The van der Waals surface area contributed by atoms with E-state index in [1.165, 1.54) is 0 Å². The standard InChI is InChI=1S/C21H23N5O/c1-3-19-16(2)23-21-25(18-9-5-4-6-10-18)14-24(15-26(21)20(19)27)13-17-8-7-11-22-12-17/h4-12H,3,13-15H2,1-2H3. The van der Waals surface area contributed by atoms with Crippen molar-refractivity contribution in [3.8, 4) is 0 Å². The molecule has 3 aromatic rings. The molecule has 0 fully saturated rings. The summed E-state index contributed by atoms with van der Waals surface area (Å²) in [6.45, 7) is 5.83. The van der Waals surface area contributed by atoms with E-state index in [0.29, 0.717) is 25.7 Å². The first-order valence-corrected chi connectivity index (χ1v) is 9.21. The van der Waals surface area contributed by atoms with Gasteiger partial charge in [0.15, 0.2) is 0 Å². The average Bonchev–Trinajstić information content (AvgIpc) is 2.70. The molecule has 0 amide bonds. The summed E-state index contributed by atoms with van der Waals surface area (Å²) < 4.78 is 1.79. The van der Waals surface area contributed by atoms with Crippen molar-refractivity contribution in [1.29, 1.82) is 0 Å². The maximum Gasteiger partial charge on any atom is 0.259 e. The van der Waals surface area contributed by atoms with Crippen LogP contribution in [0.5, 0.6) is 0 Å². The third kappa shape index (κ3) is 3.36. The Morgan fingerprint density at radius 2 is 1.89 bits per heavy atom. The molecule has 2 aromatic heterocycles. The van der Waals surface area contributed by atoms with Crippen LogP contribution >= 0.6 is 0 Å². The van der Waals surface area contributed by atoms with E-state index < -0.39 is 0 Å². The highest BCUT2D eigenvalue weighted by Gasteiger charge is 2.27. The molecular weight excluding hydrogens is 338 g/mol. The van der Waals surface area contributed by atoms with Gasteiger partial charge in [-0.3, -0.25) is 24.1 Å². The Hall–Kier alpha value is -2.99. The van der Waals surface area contributed by atoms with Crippen molar-refractivity contribution in [2.45, 2.75) is 33.5 Å². The molecule has 0 bridgehead atoms. The van der Waals surface area contributed by atoms with E-state index in [9.17, 15) is 4.79 Å². The van der Waals surface area contributed by atoms with Gasteiger partial charge in [0.05, 0.1) is 13.3 Å². The monoisotopic (exact) mass is 361 g/mol. The lowest BCUT2D eigenvalue weighted by Gasteiger charge is -2.38. The number of hydrogen-bond donors (Lipinski definition) is 0. The lowest BCUT2D eigenvalue weighted by Crippen LogP contribution is -2.47. The predicted molar refractivity (Wildman–Crippen MR) is 106 cm³/mol. The van der Waals surface area contributed by atoms with Crippen LogP contribution < -0.4 is 10.5 Å². The van der Waals surface area contributed by atoms with E-state index in [-0.39, 0.29) is 5.56 Å². The molecule has 0 spiro atoms. The Bertz CT molecular complexity index is 985. The highest BCUT2D eigenvalue weighted by atomic mass is 16.1. The maximum atomic E-state index is 13.1. The number of aromatic nitrogens is 3. The number of benzene rings is 1. The van der Waals surface area contributed by atoms with Gasteiger partial charge in [-0.05, 0) is 37.1 Å². The van der Waals surface area contributed by atoms with Crippen LogP contribution in [0, 0.1) is 6.92 Å². The molecule has 3 heterocycles. The fourth-order valence-electron chi connectivity index (χ4n) is 3.59. The van der Waals surface area contributed by atoms with Crippen molar-refractivity contribution in [3.05, 3.63) is 82.0 Å². The Balaban J connectivity index is 1.79. The van der Waals surface area contributed by atoms with Crippen molar-refractivity contribution in [3.63, 3.8) is 0 Å². The van der Waals surface area contributed by atoms with E-state index in [2.05, 4.69) is 20.9 Å². The number of rotatable bonds is 4. The van der Waals surface area contributed by atoms with Gasteiger partial charge in [0, 0.05) is 35.9 Å². The molecule has 0 atom stereocenters. The Morgan fingerprint density at radius 1 is 1.07 bits per heavy atom. The third-order valence-corrected chi connectivity index (χ3v) is 4.92. The van der Waals surface area contributed by atoms with E-state index in [1.807, 2.05) is 56.4 Å². The molecule has 27 heavy (non-hydrogen) atoms. The molecule has 0 saturated heterocycles. The second-order valence-electron chi connectivity index (χ2n) is 6.80. The summed E-state index contributed by atoms with van der Waals surface area (Å²) in [4.78, 5) is 26.4. The molecule has 0 radical (unpaired) electrons. The van der Waals surface area contributed by atoms with Crippen LogP contribution in [0.25, 0.3) is 0 Å². The molecule has 6 nitrogen and oxygen atoms in total. The van der Waals surface area contributed by atoms with E-state index in [4.69, 9.17) is 4.98 Å². The summed E-state index contributed by atoms with van der Waals surface area (Å²) >= 11 is 0. The van der Waals surface area contributed by atoms with Crippen LogP contribution in [-0.4, -0.2) is 26.1 Å². The molecule has 0 saturated carbocycles. The number of pyridine rings is 1. The highest BCUT2D eigenvalue weighted by Crippen LogP contribution is 2.28. The normalized spacial score (nSPS) is 14.2. The van der Waals surface area contributed by atoms with Gasteiger partial charge in [-0.1, -0.05) is 31.2 Å². The highest BCUT2D eigenvalue weighted by molar-refractivity contribution is 5.58. The summed E-state index contributed by atoms with van der Waals surface area (Å²) in [5, 5.41) is 0. The van der Waals surface area contributed by atoms with Gasteiger partial charge < -0.3 is 0 Å². The Labute approximate surface area is 158 Å². The van der Waals surface area contributed by atoms with Crippen LogP contribution in [0.2, 0.25) is 0 Å². The fourth-order valence-corrected chi connectivity index (χ4v) is 3.59. The fraction of sp³-hybridized carbons (Fsp3) is 0.286. The van der Waals surface area contributed by atoms with Gasteiger partial charge in [0.2, 0.25) is 5.95 Å². The zero-order chi connectivity index (χ0) is 18.8. The number of fused-ring (bicyclic) bond motifs is 1. The van der Waals surface area contributed by atoms with Gasteiger partial charge in [-0.25, -0.2) is 4.98 Å². The minimum atomic E-state index is 0.0526. The van der Waals surface area contributed by atoms with Gasteiger partial charge in [-0.15, -0.1) is 0 Å². The lowest BCUT2D eigenvalue weighted by atomic mass is 10.2. The van der Waals surface area contributed by atoms with Crippen molar-refractivity contribution in [1.82, 2.24) is 19.4 Å². The number of nitrogens with zero attached hydrogens (tertiary/aromatic N) is 5. The van der Waals surface area contributed by atoms with Crippen LogP contribution in [-0.2, 0) is 19.6 Å². The molecule has 6 heteroatoms. The topological polar surface area (TPSA) is 54.3 Å². The second-order valence-corrected chi connectivity index (χ2v) is 6.80. The summed E-state index contributed by atoms with van der Waals surface area (Å²) in [5.74, 6) is 0.711. The summed E-state index contributed by atoms with van der Waals surface area (Å²) in [6, 6.07) is 14.1. The molecule has 1 aliphatic rings. The zero-order valence-corrected chi connectivity index (χ0v) is 15.7. The minimum absolute atomic E-state index is 0.0526. The minimum Gasteiger partial charge on any atom is -0.298 e. The molecule has 1 aliphatic heterocycles. The summed E-state index contributed by atoms with van der Waals surface area (Å²) in [7, 11) is 0. The van der Waals surface area contributed by atoms with Crippen molar-refractivity contribution < 1.29 is 0 Å². The molecular formula is C21H23N5O. The van der Waals surface area contributed by atoms with Gasteiger partial charge in [-0.2, -0.15) is 0 Å². The molecule has 0 N–H and O–H groups in total. The molecule has 138 valence electrons. The summed E-state index contributed by atoms with van der Waals surface area (Å²) in [5.41, 5.74) is 3.80. The largest absolute Gasteiger partial charge is 0.298 e. The quantitative estimate of drug-likeness (QED) is 0.715. The Morgan fingerprint density at radius 3 is 2.59 bits per heavy atom. The number of aryl methyl sites for hydroxylation is 1. The molecule has 4 rings (SSSR count). The van der Waals surface area contributed by atoms with Gasteiger partial charge in [0.25, 0.3) is 5.56 Å². The Kier molecular flexibility index (Phi) is 4.73. The maximum absolute atomic E-state index is 13.1. The van der Waals surface area contributed by atoms with Crippen molar-refractivity contribution in [2.75, 3.05) is 11.6 Å². The third-order valence-electron chi connectivity index (χ3n) is 4.92. The van der Waals surface area contributed by atoms with E-state index in [0.717, 1.165) is 29.1 Å². The lowest BCUT2D eigenvalue weighted by molar-refractivity contribution is 0.189. The van der Waals surface area contributed by atoms with Crippen LogP contribution in [0.4, 0.5) is 11.6 Å². The predicted octanol–water partition coefficient (Wildman–Crippen LogP) is 3.08. The van der Waals surface area contributed by atoms with E-state index in [1.54, 1.807) is 10.8 Å². The van der Waals surface area contributed by atoms with Crippen molar-refractivity contribution >= 4 is 11.6 Å². The first-order chi connectivity index (χ1) is 13.2. The molecule has 1 aromatic carbocycles. The van der Waals surface area contributed by atoms with Crippen LogP contribution in [0.1, 0.15) is 23.7 Å². The number of hydrogen-bond acceptors (Lipinski definition) is 5. The van der Waals surface area contributed by atoms with Crippen LogP contribution in [0.15, 0.2) is 59.7 Å². The molecule has 0 aliphatic carbocycles. The number of para-hydroxylation sites is 1. The van der Waals surface area contributed by atoms with Gasteiger partial charge in [0.1, 0.15) is 0 Å². The zero-order valence-electron chi connectivity index (χ0n) is 15.7. The average molecular weight is 361 g/mol. The molecule has 0 unspecified atom stereocenters. The number of anilines is 2. The van der Waals surface area contributed by atoms with Crippen LogP contribution in [0.3, 0.4) is 0 Å². The first-order valence-electron chi connectivity index (χ1n) is 9.21.